The number of hydrogen-bond donors (Lipinski definition) is 2. The zero-order chi connectivity index (χ0) is 19.1. The summed E-state index contributed by atoms with van der Waals surface area (Å²) >= 11 is 12.4. The van der Waals surface area contributed by atoms with Crippen LogP contribution in [0.2, 0.25) is 10.0 Å². The van der Waals surface area contributed by atoms with E-state index >= 15 is 0 Å². The predicted octanol–water partition coefficient (Wildman–Crippen LogP) is 7.33. The summed E-state index contributed by atoms with van der Waals surface area (Å²) in [6.07, 6.45) is 5.14. The van der Waals surface area contributed by atoms with E-state index in [9.17, 15) is 0 Å². The molecule has 0 amide bonds. The third-order valence-corrected chi connectivity index (χ3v) is 5.86. The lowest BCUT2D eigenvalue weighted by molar-refractivity contribution is 0.818. The highest BCUT2D eigenvalue weighted by molar-refractivity contribution is 6.31. The molecule has 0 atom stereocenters. The summed E-state index contributed by atoms with van der Waals surface area (Å²) in [7, 11) is 0. The van der Waals surface area contributed by atoms with E-state index in [4.69, 9.17) is 23.2 Å². The van der Waals surface area contributed by atoms with Gasteiger partial charge in [0.05, 0.1) is 0 Å². The molecule has 0 unspecified atom stereocenters. The van der Waals surface area contributed by atoms with E-state index in [1.165, 1.54) is 27.5 Å². The molecule has 5 rings (SSSR count). The highest BCUT2D eigenvalue weighted by atomic mass is 35.5. The summed E-state index contributed by atoms with van der Waals surface area (Å²) in [5, 5.41) is 3.88. The van der Waals surface area contributed by atoms with Crippen molar-refractivity contribution < 1.29 is 0 Å². The highest BCUT2D eigenvalue weighted by Crippen LogP contribution is 2.38. The molecule has 4 heteroatoms. The van der Waals surface area contributed by atoms with Crippen LogP contribution in [-0.4, -0.2) is 9.97 Å². The Labute approximate surface area is 173 Å². The van der Waals surface area contributed by atoms with Gasteiger partial charge in [0.25, 0.3) is 0 Å². The maximum absolute atomic E-state index is 6.19. The second kappa shape index (κ2) is 7.05. The molecule has 0 radical (unpaired) electrons. The fraction of sp³-hybridized carbons (Fsp3) is 0.0833. The van der Waals surface area contributed by atoms with Gasteiger partial charge in [0.1, 0.15) is 0 Å². The van der Waals surface area contributed by atoms with Crippen molar-refractivity contribution in [2.24, 2.45) is 0 Å². The van der Waals surface area contributed by atoms with Crippen molar-refractivity contribution in [3.8, 4) is 0 Å². The molecule has 0 bridgehead atoms. The van der Waals surface area contributed by atoms with E-state index in [1.807, 2.05) is 24.3 Å². The van der Waals surface area contributed by atoms with Gasteiger partial charge in [-0.3, -0.25) is 0 Å². The van der Waals surface area contributed by atoms with Crippen molar-refractivity contribution in [2.45, 2.75) is 12.3 Å². The van der Waals surface area contributed by atoms with Crippen molar-refractivity contribution in [1.29, 1.82) is 0 Å². The fourth-order valence-electron chi connectivity index (χ4n) is 4.06. The van der Waals surface area contributed by atoms with E-state index in [0.717, 1.165) is 27.5 Å². The zero-order valence-corrected chi connectivity index (χ0v) is 16.6. The van der Waals surface area contributed by atoms with Crippen molar-refractivity contribution in [2.75, 3.05) is 0 Å². The first kappa shape index (κ1) is 17.4. The fourth-order valence-corrected chi connectivity index (χ4v) is 4.40. The molecule has 2 N–H and O–H groups in total. The highest BCUT2D eigenvalue weighted by Gasteiger charge is 2.22. The quantitative estimate of drug-likeness (QED) is 0.314. The molecule has 0 aliphatic heterocycles. The van der Waals surface area contributed by atoms with Crippen LogP contribution in [0.4, 0.5) is 0 Å². The van der Waals surface area contributed by atoms with Gasteiger partial charge in [0.15, 0.2) is 0 Å². The number of nitrogens with one attached hydrogen (secondary N) is 2. The minimum absolute atomic E-state index is 0.201. The average molecular weight is 405 g/mol. The summed E-state index contributed by atoms with van der Waals surface area (Å²) in [6, 6.07) is 22.7. The Balaban J connectivity index is 1.70. The van der Waals surface area contributed by atoms with Crippen LogP contribution < -0.4 is 0 Å². The SMILES string of the molecule is Clc1ccc2c(C(Cc3ccccc3)c3c[nH]c4cc(Cl)ccc34)c[nH]c2c1. The normalized spacial score (nSPS) is 11.7. The molecule has 0 fully saturated rings. The molecule has 138 valence electrons. The molecule has 0 saturated carbocycles. The lowest BCUT2D eigenvalue weighted by Crippen LogP contribution is -2.04. The Hall–Kier alpha value is -2.68. The van der Waals surface area contributed by atoms with Crippen LogP contribution in [0.15, 0.2) is 79.1 Å². The molecule has 28 heavy (non-hydrogen) atoms. The zero-order valence-electron chi connectivity index (χ0n) is 15.0. The second-order valence-electron chi connectivity index (χ2n) is 7.11. The lowest BCUT2D eigenvalue weighted by Gasteiger charge is -2.17. The van der Waals surface area contributed by atoms with E-state index in [0.29, 0.717) is 0 Å². The predicted molar refractivity (Wildman–Crippen MR) is 119 cm³/mol. The van der Waals surface area contributed by atoms with Gasteiger partial charge in [-0.1, -0.05) is 65.7 Å². The number of H-pyrrole nitrogens is 2. The van der Waals surface area contributed by atoms with Crippen LogP contribution in [0.3, 0.4) is 0 Å². The van der Waals surface area contributed by atoms with E-state index < -0.39 is 0 Å². The number of hydrogen-bond acceptors (Lipinski definition) is 0. The van der Waals surface area contributed by atoms with E-state index in [2.05, 4.69) is 64.8 Å². The molecular formula is C24H18Cl2N2. The number of benzene rings is 3. The third kappa shape index (κ3) is 3.09. The molecule has 2 heterocycles. The molecule has 0 spiro atoms. The van der Waals surface area contributed by atoms with Gasteiger partial charge in [-0.15, -0.1) is 0 Å². The molecule has 0 aliphatic carbocycles. The minimum atomic E-state index is 0.201. The van der Waals surface area contributed by atoms with Gasteiger partial charge in [0.2, 0.25) is 0 Å². The number of aromatic amines is 2. The standard InChI is InChI=1S/C24H18Cl2N2/c25-16-6-8-18-21(13-27-23(18)11-16)20(10-15-4-2-1-3-5-15)22-14-28-24-12-17(26)7-9-19(22)24/h1-9,11-14,20,27-28H,10H2. The Kier molecular flexibility index (Phi) is 4.38. The molecule has 2 aromatic heterocycles. The van der Waals surface area contributed by atoms with Crippen molar-refractivity contribution in [3.63, 3.8) is 0 Å². The molecule has 0 aliphatic rings. The van der Waals surface area contributed by atoms with E-state index in [-0.39, 0.29) is 5.92 Å². The summed E-state index contributed by atoms with van der Waals surface area (Å²) in [6.45, 7) is 0. The van der Waals surface area contributed by atoms with Crippen molar-refractivity contribution in [3.05, 3.63) is 106 Å². The third-order valence-electron chi connectivity index (χ3n) is 5.39. The smallest absolute Gasteiger partial charge is 0.0471 e. The minimum Gasteiger partial charge on any atom is -0.361 e. The molecule has 5 aromatic rings. The lowest BCUT2D eigenvalue weighted by atomic mass is 9.85. The number of rotatable bonds is 4. The first-order valence-corrected chi connectivity index (χ1v) is 10.0. The summed E-state index contributed by atoms with van der Waals surface area (Å²) in [5.41, 5.74) is 5.96. The van der Waals surface area contributed by atoms with Gasteiger partial charge in [-0.25, -0.2) is 0 Å². The summed E-state index contributed by atoms with van der Waals surface area (Å²) in [4.78, 5) is 6.80. The van der Waals surface area contributed by atoms with Crippen LogP contribution in [0.25, 0.3) is 21.8 Å². The molecule has 3 aromatic carbocycles. The van der Waals surface area contributed by atoms with E-state index in [1.54, 1.807) is 0 Å². The van der Waals surface area contributed by atoms with Gasteiger partial charge < -0.3 is 9.97 Å². The molecular weight excluding hydrogens is 387 g/mol. The Morgan fingerprint density at radius 2 is 1.21 bits per heavy atom. The maximum atomic E-state index is 6.19. The summed E-state index contributed by atoms with van der Waals surface area (Å²) < 4.78 is 0. The van der Waals surface area contributed by atoms with Gasteiger partial charge >= 0.3 is 0 Å². The Morgan fingerprint density at radius 3 is 1.75 bits per heavy atom. The first-order chi connectivity index (χ1) is 13.7. The molecule has 0 saturated heterocycles. The topological polar surface area (TPSA) is 31.6 Å². The largest absolute Gasteiger partial charge is 0.361 e. The first-order valence-electron chi connectivity index (χ1n) is 9.26. The number of halogens is 2. The number of aromatic nitrogens is 2. The van der Waals surface area contributed by atoms with Crippen LogP contribution in [0, 0.1) is 0 Å². The van der Waals surface area contributed by atoms with Crippen LogP contribution in [0.5, 0.6) is 0 Å². The average Bonchev–Trinajstić information content (AvgIpc) is 3.30. The van der Waals surface area contributed by atoms with Crippen molar-refractivity contribution in [1.82, 2.24) is 9.97 Å². The van der Waals surface area contributed by atoms with Gasteiger partial charge in [-0.2, -0.15) is 0 Å². The van der Waals surface area contributed by atoms with Gasteiger partial charge in [0, 0.05) is 50.2 Å². The summed E-state index contributed by atoms with van der Waals surface area (Å²) in [5.74, 6) is 0.201. The van der Waals surface area contributed by atoms with Crippen molar-refractivity contribution >= 4 is 45.0 Å². The van der Waals surface area contributed by atoms with Crippen LogP contribution in [-0.2, 0) is 6.42 Å². The molecule has 2 nitrogen and oxygen atoms in total. The second-order valence-corrected chi connectivity index (χ2v) is 7.98. The number of fused-ring (bicyclic) bond motifs is 2. The Morgan fingerprint density at radius 1 is 0.679 bits per heavy atom. The van der Waals surface area contributed by atoms with Crippen LogP contribution >= 0.6 is 23.2 Å². The Bertz CT molecular complexity index is 1190. The monoisotopic (exact) mass is 404 g/mol. The van der Waals surface area contributed by atoms with Crippen LogP contribution in [0.1, 0.15) is 22.6 Å². The maximum Gasteiger partial charge on any atom is 0.0471 e. The van der Waals surface area contributed by atoms with Gasteiger partial charge in [-0.05, 0) is 47.4 Å².